The second kappa shape index (κ2) is 8.40. The van der Waals surface area contributed by atoms with Crippen LogP contribution in [-0.4, -0.2) is 30.5 Å². The number of amides is 1. The maximum Gasteiger partial charge on any atom is 0.436 e. The fraction of sp³-hybridized carbons (Fsp3) is 0.368. The van der Waals surface area contributed by atoms with Crippen LogP contribution in [0.3, 0.4) is 0 Å². The Morgan fingerprint density at radius 2 is 1.97 bits per heavy atom. The van der Waals surface area contributed by atoms with Gasteiger partial charge in [0.2, 0.25) is 11.9 Å². The first-order valence-electron chi connectivity index (χ1n) is 9.48. The molecule has 0 bridgehead atoms. The average molecular weight is 501 g/mol. The molecule has 1 aliphatic carbocycles. The number of halogens is 5. The Hall–Kier alpha value is -2.76. The maximum absolute atomic E-state index is 13.7. The van der Waals surface area contributed by atoms with Crippen molar-refractivity contribution >= 4 is 27.8 Å². The number of rotatable bonds is 7. The lowest BCUT2D eigenvalue weighted by molar-refractivity contribution is -0.142. The number of aromatic nitrogens is 5. The molecule has 1 amide bonds. The van der Waals surface area contributed by atoms with Gasteiger partial charge in [-0.25, -0.2) is 14.1 Å². The lowest BCUT2D eigenvalue weighted by atomic mass is 10.2. The zero-order chi connectivity index (χ0) is 22.2. The molecule has 1 fully saturated rings. The molecule has 0 radical (unpaired) electrons. The number of aryl methyl sites for hydroxylation is 1. The first-order chi connectivity index (χ1) is 14.7. The third-order valence-corrected chi connectivity index (χ3v) is 5.57. The Morgan fingerprint density at radius 1 is 1.23 bits per heavy atom. The van der Waals surface area contributed by atoms with E-state index in [1.165, 1.54) is 21.8 Å². The van der Waals surface area contributed by atoms with Gasteiger partial charge in [-0.2, -0.15) is 18.3 Å². The van der Waals surface area contributed by atoms with Gasteiger partial charge < -0.3 is 0 Å². The number of benzene rings is 1. The van der Waals surface area contributed by atoms with Gasteiger partial charge in [0, 0.05) is 17.9 Å². The van der Waals surface area contributed by atoms with Gasteiger partial charge in [0.05, 0.1) is 23.3 Å². The minimum atomic E-state index is -4.58. The SMILES string of the molecule is O=C(CCn1nc(C(F)(F)F)c(Br)c1C1CC1)Nc1ncn(Cc2ccccc2F)n1. The smallest absolute Gasteiger partial charge is 0.293 e. The van der Waals surface area contributed by atoms with E-state index >= 15 is 0 Å². The topological polar surface area (TPSA) is 77.6 Å². The van der Waals surface area contributed by atoms with Gasteiger partial charge in [0.25, 0.3) is 0 Å². The second-order valence-corrected chi connectivity index (χ2v) is 7.99. The van der Waals surface area contributed by atoms with Gasteiger partial charge in [-0.15, -0.1) is 5.10 Å². The Morgan fingerprint density at radius 3 is 2.65 bits per heavy atom. The number of nitrogens with zero attached hydrogens (tertiary/aromatic N) is 5. The molecule has 1 N–H and O–H groups in total. The predicted octanol–water partition coefficient (Wildman–Crippen LogP) is 4.35. The van der Waals surface area contributed by atoms with Crippen molar-refractivity contribution in [2.75, 3.05) is 5.32 Å². The quantitative estimate of drug-likeness (QED) is 0.489. The molecule has 1 aromatic carbocycles. The zero-order valence-corrected chi connectivity index (χ0v) is 17.6. The summed E-state index contributed by atoms with van der Waals surface area (Å²) in [6.07, 6.45) is -1.75. The van der Waals surface area contributed by atoms with Crippen molar-refractivity contribution in [1.82, 2.24) is 24.5 Å². The van der Waals surface area contributed by atoms with Crippen molar-refractivity contribution in [3.05, 3.63) is 57.8 Å². The molecule has 31 heavy (non-hydrogen) atoms. The fourth-order valence-electron chi connectivity index (χ4n) is 3.18. The van der Waals surface area contributed by atoms with E-state index in [1.54, 1.807) is 18.2 Å². The van der Waals surface area contributed by atoms with Gasteiger partial charge in [-0.1, -0.05) is 18.2 Å². The summed E-state index contributed by atoms with van der Waals surface area (Å²) in [5.41, 5.74) is -0.0987. The lowest BCUT2D eigenvalue weighted by Gasteiger charge is -2.07. The van der Waals surface area contributed by atoms with Crippen molar-refractivity contribution in [1.29, 1.82) is 0 Å². The van der Waals surface area contributed by atoms with Crippen molar-refractivity contribution in [2.24, 2.45) is 0 Å². The lowest BCUT2D eigenvalue weighted by Crippen LogP contribution is -2.17. The molecule has 0 atom stereocenters. The van der Waals surface area contributed by atoms with Crippen LogP contribution in [0.2, 0.25) is 0 Å². The molecule has 7 nitrogen and oxygen atoms in total. The summed E-state index contributed by atoms with van der Waals surface area (Å²) < 4.78 is 55.8. The number of carbonyl (C=O) groups excluding carboxylic acids is 1. The molecule has 0 aliphatic heterocycles. The predicted molar refractivity (Wildman–Crippen MR) is 106 cm³/mol. The van der Waals surface area contributed by atoms with Gasteiger partial charge in [0.1, 0.15) is 12.1 Å². The van der Waals surface area contributed by atoms with E-state index in [-0.39, 0.29) is 41.7 Å². The number of nitrogens with one attached hydrogen (secondary N) is 1. The summed E-state index contributed by atoms with van der Waals surface area (Å²) in [6, 6.07) is 6.23. The summed E-state index contributed by atoms with van der Waals surface area (Å²) in [7, 11) is 0. The number of anilines is 1. The molecular weight excluding hydrogens is 484 g/mol. The first kappa shape index (κ1) is 21.5. The molecule has 1 aliphatic rings. The number of hydrogen-bond acceptors (Lipinski definition) is 4. The highest BCUT2D eigenvalue weighted by Crippen LogP contribution is 2.47. The van der Waals surface area contributed by atoms with E-state index in [9.17, 15) is 22.4 Å². The van der Waals surface area contributed by atoms with Crippen LogP contribution < -0.4 is 5.32 Å². The standard InChI is InChI=1S/C19H17BrF4N6O/c20-15-16(11-5-6-11)30(27-17(15)19(22,23)24)8-7-14(31)26-18-25-10-29(28-18)9-12-3-1-2-4-13(12)21/h1-4,10-11H,5-9H2,(H,26,28,31). The van der Waals surface area contributed by atoms with Crippen molar-refractivity contribution in [2.45, 2.75) is 44.4 Å². The highest BCUT2D eigenvalue weighted by atomic mass is 79.9. The molecule has 0 saturated heterocycles. The number of hydrogen-bond donors (Lipinski definition) is 1. The molecule has 0 unspecified atom stereocenters. The Labute approximate surface area is 182 Å². The maximum atomic E-state index is 13.7. The van der Waals surface area contributed by atoms with E-state index in [2.05, 4.69) is 36.4 Å². The summed E-state index contributed by atoms with van der Waals surface area (Å²) in [4.78, 5) is 16.2. The summed E-state index contributed by atoms with van der Waals surface area (Å²) in [5, 5.41) is 10.2. The molecule has 4 rings (SSSR count). The van der Waals surface area contributed by atoms with Crippen LogP contribution in [0.15, 0.2) is 35.1 Å². The van der Waals surface area contributed by atoms with Gasteiger partial charge in [0.15, 0.2) is 5.69 Å². The van der Waals surface area contributed by atoms with Crippen LogP contribution >= 0.6 is 15.9 Å². The minimum Gasteiger partial charge on any atom is -0.293 e. The largest absolute Gasteiger partial charge is 0.436 e. The summed E-state index contributed by atoms with van der Waals surface area (Å²) in [5.74, 6) is -0.803. The van der Waals surface area contributed by atoms with Crippen molar-refractivity contribution in [3.63, 3.8) is 0 Å². The van der Waals surface area contributed by atoms with Crippen molar-refractivity contribution < 1.29 is 22.4 Å². The van der Waals surface area contributed by atoms with Crippen LogP contribution in [0.4, 0.5) is 23.5 Å². The van der Waals surface area contributed by atoms with Crippen LogP contribution in [0.1, 0.15) is 42.1 Å². The van der Waals surface area contributed by atoms with E-state index in [4.69, 9.17) is 0 Å². The molecule has 2 aromatic heterocycles. The van der Waals surface area contributed by atoms with Gasteiger partial charge in [-0.3, -0.25) is 14.8 Å². The third kappa shape index (κ3) is 4.94. The summed E-state index contributed by atoms with van der Waals surface area (Å²) >= 11 is 3.02. The van der Waals surface area contributed by atoms with E-state index in [0.29, 0.717) is 11.3 Å². The molecule has 164 valence electrons. The first-order valence-corrected chi connectivity index (χ1v) is 10.3. The highest BCUT2D eigenvalue weighted by Gasteiger charge is 2.41. The van der Waals surface area contributed by atoms with Crippen LogP contribution in [0, 0.1) is 5.82 Å². The van der Waals surface area contributed by atoms with Gasteiger partial charge >= 0.3 is 6.18 Å². The Balaban J connectivity index is 1.38. The van der Waals surface area contributed by atoms with Crippen LogP contribution in [0.25, 0.3) is 0 Å². The van der Waals surface area contributed by atoms with Gasteiger partial charge in [-0.05, 0) is 34.8 Å². The molecule has 3 aromatic rings. The Bertz CT molecular complexity index is 1110. The molecule has 0 spiro atoms. The zero-order valence-electron chi connectivity index (χ0n) is 16.0. The minimum absolute atomic E-state index is 0.0109. The Kier molecular flexibility index (Phi) is 5.82. The van der Waals surface area contributed by atoms with E-state index in [0.717, 1.165) is 12.8 Å². The number of carbonyl (C=O) groups is 1. The average Bonchev–Trinajstić information content (AvgIpc) is 3.34. The van der Waals surface area contributed by atoms with Crippen LogP contribution in [-0.2, 0) is 24.1 Å². The summed E-state index contributed by atoms with van der Waals surface area (Å²) in [6.45, 7) is 0.129. The fourth-order valence-corrected chi connectivity index (χ4v) is 4.01. The normalized spacial score (nSPS) is 14.1. The van der Waals surface area contributed by atoms with Crippen LogP contribution in [0.5, 0.6) is 0 Å². The molecule has 12 heteroatoms. The molecule has 2 heterocycles. The molecular formula is C19H17BrF4N6O. The van der Waals surface area contributed by atoms with Crippen molar-refractivity contribution in [3.8, 4) is 0 Å². The monoisotopic (exact) mass is 500 g/mol. The third-order valence-electron chi connectivity index (χ3n) is 4.79. The molecule has 1 saturated carbocycles. The number of alkyl halides is 3. The highest BCUT2D eigenvalue weighted by molar-refractivity contribution is 9.10. The second-order valence-electron chi connectivity index (χ2n) is 7.20. The van der Waals surface area contributed by atoms with E-state index < -0.39 is 17.8 Å². The van der Waals surface area contributed by atoms with E-state index in [1.807, 2.05) is 0 Å².